The number of carbonyl (C=O) groups excluding carboxylic acids is 1. The number of thiophene rings is 1. The molecule has 1 unspecified atom stereocenters. The molecule has 1 fully saturated rings. The van der Waals surface area contributed by atoms with Crippen LogP contribution in [0.3, 0.4) is 0 Å². The van der Waals surface area contributed by atoms with Crippen molar-refractivity contribution in [2.75, 3.05) is 13.1 Å². The van der Waals surface area contributed by atoms with Crippen LogP contribution in [0.4, 0.5) is 9.18 Å². The second-order valence-corrected chi connectivity index (χ2v) is 10.9. The number of nitrogens with zero attached hydrogens (tertiary/aromatic N) is 2. The zero-order valence-electron chi connectivity index (χ0n) is 20.1. The van der Waals surface area contributed by atoms with Crippen molar-refractivity contribution in [2.24, 2.45) is 5.41 Å². The zero-order chi connectivity index (χ0) is 23.5. The molecule has 1 N–H and O–H groups in total. The van der Waals surface area contributed by atoms with Crippen LogP contribution >= 0.6 is 11.3 Å². The van der Waals surface area contributed by atoms with Crippen molar-refractivity contribution in [3.63, 3.8) is 0 Å². The maximum atomic E-state index is 13.5. The fourth-order valence-electron chi connectivity index (χ4n) is 4.60. The minimum Gasteiger partial charge on any atom is -0.447 e. The molecule has 0 spiro atoms. The molecule has 0 bridgehead atoms. The van der Waals surface area contributed by atoms with E-state index in [1.807, 2.05) is 33.0 Å². The molecule has 7 heteroatoms. The molecule has 5 nitrogen and oxygen atoms in total. The number of halogens is 1. The van der Waals surface area contributed by atoms with E-state index in [0.29, 0.717) is 0 Å². The number of ether oxygens (including phenoxy) is 1. The maximum Gasteiger partial charge on any atom is 0.407 e. The van der Waals surface area contributed by atoms with Gasteiger partial charge < -0.3 is 10.1 Å². The van der Waals surface area contributed by atoms with E-state index < -0.39 is 0 Å². The second-order valence-electron chi connectivity index (χ2n) is 9.81. The normalized spacial score (nSPS) is 20.5. The fourth-order valence-corrected chi connectivity index (χ4v) is 5.32. The summed E-state index contributed by atoms with van der Waals surface area (Å²) in [5.41, 5.74) is 1.87. The van der Waals surface area contributed by atoms with Crippen LogP contribution in [-0.4, -0.2) is 41.2 Å². The van der Waals surface area contributed by atoms with E-state index >= 15 is 0 Å². The van der Waals surface area contributed by atoms with Crippen LogP contribution in [0.2, 0.25) is 0 Å². The maximum absolute atomic E-state index is 13.5. The van der Waals surface area contributed by atoms with Gasteiger partial charge in [-0.05, 0) is 91.1 Å². The Bertz CT molecular complexity index is 912. The van der Waals surface area contributed by atoms with Crippen LogP contribution < -0.4 is 5.32 Å². The molecule has 2 aromatic heterocycles. The van der Waals surface area contributed by atoms with Gasteiger partial charge in [0.1, 0.15) is 0 Å². The molecule has 0 radical (unpaired) electrons. The predicted molar refractivity (Wildman–Crippen MR) is 127 cm³/mol. The first-order valence-electron chi connectivity index (χ1n) is 11.4. The quantitative estimate of drug-likeness (QED) is 0.550. The second kappa shape index (κ2) is 9.87. The van der Waals surface area contributed by atoms with E-state index in [1.54, 1.807) is 0 Å². The van der Waals surface area contributed by atoms with E-state index in [1.165, 1.54) is 23.0 Å². The van der Waals surface area contributed by atoms with E-state index in [2.05, 4.69) is 48.1 Å². The zero-order valence-corrected chi connectivity index (χ0v) is 20.9. The monoisotopic (exact) mass is 461 g/mol. The molecule has 1 amide bonds. The number of likely N-dealkylation sites (tertiary alicyclic amines) is 1. The Morgan fingerprint density at radius 1 is 1.31 bits per heavy atom. The van der Waals surface area contributed by atoms with Crippen molar-refractivity contribution < 1.29 is 13.9 Å². The molecule has 3 heterocycles. The number of rotatable bonds is 8. The number of pyridine rings is 1. The van der Waals surface area contributed by atoms with Gasteiger partial charge in [0.05, 0.1) is 6.10 Å². The van der Waals surface area contributed by atoms with Crippen LogP contribution in [0.1, 0.15) is 63.6 Å². The summed E-state index contributed by atoms with van der Waals surface area (Å²) in [5, 5.41) is 2.93. The first kappa shape index (κ1) is 24.6. The standard InChI is InChI=1S/C25H36FN3O2S/c1-17(2)31-23(30)28-19(4)25(12-11-21-9-10-22(26)32-21)13-14-29(16-25)24(5,6)20-8-7-18(3)27-15-20/h7-10,15,17,19H,11-14,16H2,1-6H3,(H,28,30)/t19-,25?/m0/s1. The highest BCUT2D eigenvalue weighted by atomic mass is 32.1. The van der Waals surface area contributed by atoms with Gasteiger partial charge in [0.15, 0.2) is 5.13 Å². The van der Waals surface area contributed by atoms with Gasteiger partial charge >= 0.3 is 6.09 Å². The molecule has 0 aliphatic carbocycles. The van der Waals surface area contributed by atoms with Crippen LogP contribution in [0, 0.1) is 17.5 Å². The van der Waals surface area contributed by atoms with Crippen LogP contribution in [0.15, 0.2) is 30.5 Å². The lowest BCUT2D eigenvalue weighted by molar-refractivity contribution is 0.0892. The van der Waals surface area contributed by atoms with Gasteiger partial charge in [-0.15, -0.1) is 11.3 Å². The Kier molecular flexibility index (Phi) is 7.61. The molecule has 2 atom stereocenters. The molecule has 3 rings (SSSR count). The summed E-state index contributed by atoms with van der Waals surface area (Å²) in [7, 11) is 0. The third-order valence-corrected chi connectivity index (χ3v) is 7.82. The summed E-state index contributed by atoms with van der Waals surface area (Å²) < 4.78 is 18.9. The number of hydrogen-bond donors (Lipinski definition) is 1. The Morgan fingerprint density at radius 2 is 2.06 bits per heavy atom. The summed E-state index contributed by atoms with van der Waals surface area (Å²) in [6, 6.07) is 7.53. The first-order chi connectivity index (χ1) is 15.0. The Hall–Kier alpha value is -1.99. The van der Waals surface area contributed by atoms with Gasteiger partial charge in [0.25, 0.3) is 0 Å². The van der Waals surface area contributed by atoms with Gasteiger partial charge in [-0.3, -0.25) is 9.88 Å². The van der Waals surface area contributed by atoms with Crippen molar-refractivity contribution in [1.29, 1.82) is 0 Å². The molecular formula is C25H36FN3O2S. The summed E-state index contributed by atoms with van der Waals surface area (Å²) in [6.45, 7) is 14.0. The number of aromatic nitrogens is 1. The van der Waals surface area contributed by atoms with Gasteiger partial charge in [0.2, 0.25) is 0 Å². The highest BCUT2D eigenvalue weighted by Gasteiger charge is 2.47. The lowest BCUT2D eigenvalue weighted by atomic mass is 9.76. The van der Waals surface area contributed by atoms with Gasteiger partial charge in [-0.1, -0.05) is 6.07 Å². The number of nitrogens with one attached hydrogen (secondary N) is 1. The number of aryl methyl sites for hydroxylation is 2. The molecule has 0 saturated carbocycles. The molecule has 1 saturated heterocycles. The van der Waals surface area contributed by atoms with Crippen LogP contribution in [-0.2, 0) is 16.7 Å². The van der Waals surface area contributed by atoms with Gasteiger partial charge in [-0.2, -0.15) is 4.39 Å². The van der Waals surface area contributed by atoms with Crippen molar-refractivity contribution in [1.82, 2.24) is 15.2 Å². The lowest BCUT2D eigenvalue weighted by Gasteiger charge is -2.40. The minimum atomic E-state index is -0.380. The lowest BCUT2D eigenvalue weighted by Crippen LogP contribution is -2.50. The number of alkyl carbamates (subject to hydrolysis) is 1. The molecular weight excluding hydrogens is 425 g/mol. The molecule has 0 aromatic carbocycles. The van der Waals surface area contributed by atoms with E-state index in [-0.39, 0.29) is 34.3 Å². The number of carbonyl (C=O) groups is 1. The fraction of sp³-hybridized carbons (Fsp3) is 0.600. The van der Waals surface area contributed by atoms with Crippen LogP contribution in [0.25, 0.3) is 0 Å². The van der Waals surface area contributed by atoms with Crippen LogP contribution in [0.5, 0.6) is 0 Å². The average molecular weight is 462 g/mol. The van der Waals surface area contributed by atoms with Crippen molar-refractivity contribution in [3.8, 4) is 0 Å². The topological polar surface area (TPSA) is 54.5 Å². The minimum absolute atomic E-state index is 0.0736. The van der Waals surface area contributed by atoms with Crippen molar-refractivity contribution in [3.05, 3.63) is 51.7 Å². The Labute approximate surface area is 195 Å². The van der Waals surface area contributed by atoms with Crippen molar-refractivity contribution >= 4 is 17.4 Å². The SMILES string of the molecule is Cc1ccc(C(C)(C)N2CCC(CCc3ccc(F)s3)([C@H](C)NC(=O)OC(C)C)C2)cn1. The third kappa shape index (κ3) is 5.67. The Balaban J connectivity index is 1.80. The average Bonchev–Trinajstić information content (AvgIpc) is 3.33. The Morgan fingerprint density at radius 3 is 2.66 bits per heavy atom. The van der Waals surface area contributed by atoms with E-state index in [4.69, 9.17) is 4.74 Å². The van der Waals surface area contributed by atoms with E-state index in [0.717, 1.165) is 42.9 Å². The summed E-state index contributed by atoms with van der Waals surface area (Å²) >= 11 is 1.21. The van der Waals surface area contributed by atoms with E-state index in [9.17, 15) is 9.18 Å². The first-order valence-corrected chi connectivity index (χ1v) is 12.2. The number of hydrogen-bond acceptors (Lipinski definition) is 5. The summed E-state index contributed by atoms with van der Waals surface area (Å²) in [5.74, 6) is 0. The number of amides is 1. The summed E-state index contributed by atoms with van der Waals surface area (Å²) in [6.07, 6.45) is 4.03. The summed E-state index contributed by atoms with van der Waals surface area (Å²) in [4.78, 5) is 20.4. The molecule has 1 aliphatic heterocycles. The van der Waals surface area contributed by atoms with Gasteiger partial charge in [0, 0.05) is 40.3 Å². The molecule has 1 aliphatic rings. The highest BCUT2D eigenvalue weighted by Crippen LogP contribution is 2.44. The van der Waals surface area contributed by atoms with Crippen molar-refractivity contribution in [2.45, 2.75) is 78.5 Å². The largest absolute Gasteiger partial charge is 0.447 e. The highest BCUT2D eigenvalue weighted by molar-refractivity contribution is 7.10. The molecule has 2 aromatic rings. The smallest absolute Gasteiger partial charge is 0.407 e. The predicted octanol–water partition coefficient (Wildman–Crippen LogP) is 5.67. The third-order valence-electron chi connectivity index (χ3n) is 6.89. The molecule has 32 heavy (non-hydrogen) atoms. The van der Waals surface area contributed by atoms with Gasteiger partial charge in [-0.25, -0.2) is 4.79 Å². The molecule has 176 valence electrons.